The number of carbonyl (C=O) groups is 2. The number of benzene rings is 2. The van der Waals surface area contributed by atoms with Gasteiger partial charge >= 0.3 is 5.97 Å². The zero-order chi connectivity index (χ0) is 19.7. The lowest BCUT2D eigenvalue weighted by molar-refractivity contribution is -0.114. The Morgan fingerprint density at radius 2 is 1.96 bits per heavy atom. The summed E-state index contributed by atoms with van der Waals surface area (Å²) in [4.78, 5) is 26.0. The van der Waals surface area contributed by atoms with Gasteiger partial charge in [-0.2, -0.15) is 10.1 Å². The van der Waals surface area contributed by atoms with E-state index in [0.717, 1.165) is 15.7 Å². The van der Waals surface area contributed by atoms with Crippen molar-refractivity contribution in [3.05, 3.63) is 63.6 Å². The zero-order valence-electron chi connectivity index (χ0n) is 15.1. The minimum Gasteiger partial charge on any atom is -0.478 e. The van der Waals surface area contributed by atoms with Crippen LogP contribution >= 0.6 is 15.9 Å². The van der Waals surface area contributed by atoms with Crippen molar-refractivity contribution in [3.63, 3.8) is 0 Å². The number of anilines is 2. The molecule has 0 atom stereocenters. The number of aromatic carboxylic acids is 1. The number of carbonyl (C=O) groups excluding carboxylic acids is 1. The number of carboxylic acids is 1. The Kier molecular flexibility index (Phi) is 5.14. The molecule has 1 heterocycles. The highest BCUT2D eigenvalue weighted by molar-refractivity contribution is 9.10. The smallest absolute Gasteiger partial charge is 0.335 e. The van der Waals surface area contributed by atoms with E-state index < -0.39 is 5.97 Å². The first-order valence-corrected chi connectivity index (χ1v) is 8.99. The summed E-state index contributed by atoms with van der Waals surface area (Å²) in [5.74, 6) is -1.34. The molecule has 0 spiro atoms. The lowest BCUT2D eigenvalue weighted by atomic mass is 10.1. The maximum absolute atomic E-state index is 12.8. The number of halogens is 1. The molecule has 1 aliphatic heterocycles. The number of carboxylic acid groups (broad SMARTS) is 1. The van der Waals surface area contributed by atoms with E-state index >= 15 is 0 Å². The Bertz CT molecular complexity index is 996. The van der Waals surface area contributed by atoms with Crippen molar-refractivity contribution in [2.75, 3.05) is 24.0 Å². The third kappa shape index (κ3) is 3.78. The number of hydrogen-bond acceptors (Lipinski definition) is 4. The first-order chi connectivity index (χ1) is 12.8. The number of hydrazone groups is 1. The second-order valence-corrected chi connectivity index (χ2v) is 7.18. The zero-order valence-corrected chi connectivity index (χ0v) is 16.7. The molecule has 0 fully saturated rings. The van der Waals surface area contributed by atoms with Gasteiger partial charge in [-0.1, -0.05) is 12.1 Å². The topological polar surface area (TPSA) is 73.2 Å². The van der Waals surface area contributed by atoms with Crippen molar-refractivity contribution < 1.29 is 14.7 Å². The molecule has 3 rings (SSSR count). The highest BCUT2D eigenvalue weighted by Gasteiger charge is 2.29. The molecule has 1 N–H and O–H groups in total. The highest BCUT2D eigenvalue weighted by atomic mass is 79.9. The average Bonchev–Trinajstić information content (AvgIpc) is 2.90. The van der Waals surface area contributed by atoms with Crippen molar-refractivity contribution in [2.45, 2.75) is 6.92 Å². The maximum atomic E-state index is 12.8. The van der Waals surface area contributed by atoms with Gasteiger partial charge in [-0.15, -0.1) is 0 Å². The molecule has 0 aromatic heterocycles. The standard InChI is InChI=1S/C20H18BrN3O3/c1-12-16(9-13-7-8-18(23(2)3)17(21)10-13)19(25)24(22-12)15-6-4-5-14(11-15)20(26)27/h4-11H,1-3H3,(H,26,27)/b16-9-. The van der Waals surface area contributed by atoms with E-state index in [4.69, 9.17) is 5.11 Å². The second-order valence-electron chi connectivity index (χ2n) is 6.32. The van der Waals surface area contributed by atoms with Crippen LogP contribution in [0, 0.1) is 0 Å². The Morgan fingerprint density at radius 1 is 1.22 bits per heavy atom. The van der Waals surface area contributed by atoms with E-state index in [-0.39, 0.29) is 11.5 Å². The van der Waals surface area contributed by atoms with Gasteiger partial charge in [-0.3, -0.25) is 4.79 Å². The predicted molar refractivity (Wildman–Crippen MR) is 110 cm³/mol. The third-order valence-electron chi connectivity index (χ3n) is 4.16. The van der Waals surface area contributed by atoms with Crippen LogP contribution in [-0.2, 0) is 4.79 Å². The van der Waals surface area contributed by atoms with Crippen molar-refractivity contribution in [2.24, 2.45) is 5.10 Å². The quantitative estimate of drug-likeness (QED) is 0.747. The molecule has 0 saturated carbocycles. The molecule has 2 aromatic rings. The molecule has 0 aliphatic carbocycles. The minimum atomic E-state index is -1.05. The van der Waals surface area contributed by atoms with Gasteiger partial charge in [0.1, 0.15) is 0 Å². The average molecular weight is 428 g/mol. The first kappa shape index (κ1) is 18.8. The Morgan fingerprint density at radius 3 is 2.59 bits per heavy atom. The maximum Gasteiger partial charge on any atom is 0.335 e. The molecule has 6 nitrogen and oxygen atoms in total. The van der Waals surface area contributed by atoms with E-state index in [1.165, 1.54) is 17.1 Å². The van der Waals surface area contributed by atoms with Crippen molar-refractivity contribution in [1.29, 1.82) is 0 Å². The lowest BCUT2D eigenvalue weighted by Gasteiger charge is -2.15. The van der Waals surface area contributed by atoms with E-state index in [1.54, 1.807) is 25.1 Å². The second kappa shape index (κ2) is 7.36. The van der Waals surface area contributed by atoms with Gasteiger partial charge in [0.15, 0.2) is 0 Å². The fourth-order valence-electron chi connectivity index (χ4n) is 2.77. The van der Waals surface area contributed by atoms with Crippen LogP contribution in [0.25, 0.3) is 6.08 Å². The van der Waals surface area contributed by atoms with Crippen molar-refractivity contribution in [3.8, 4) is 0 Å². The summed E-state index contributed by atoms with van der Waals surface area (Å²) in [6.45, 7) is 1.76. The molecule has 1 amide bonds. The van der Waals surface area contributed by atoms with Gasteiger partial charge in [-0.05, 0) is 64.8 Å². The first-order valence-electron chi connectivity index (χ1n) is 8.20. The highest BCUT2D eigenvalue weighted by Crippen LogP contribution is 2.29. The fourth-order valence-corrected chi connectivity index (χ4v) is 3.52. The molecule has 0 saturated heterocycles. The molecular formula is C20H18BrN3O3. The molecule has 7 heteroatoms. The molecule has 0 bridgehead atoms. The summed E-state index contributed by atoms with van der Waals surface area (Å²) in [5.41, 5.74) is 3.48. The number of hydrogen-bond donors (Lipinski definition) is 1. The molecule has 0 unspecified atom stereocenters. The predicted octanol–water partition coefficient (Wildman–Crippen LogP) is 4.02. The van der Waals surface area contributed by atoms with Crippen LogP contribution in [0.2, 0.25) is 0 Å². The summed E-state index contributed by atoms with van der Waals surface area (Å²) in [7, 11) is 3.91. The van der Waals surface area contributed by atoms with Gasteiger partial charge in [0, 0.05) is 18.6 Å². The number of rotatable bonds is 4. The molecule has 1 aliphatic rings. The molecule has 0 radical (unpaired) electrons. The van der Waals surface area contributed by atoms with Crippen LogP contribution in [0.4, 0.5) is 11.4 Å². The number of amides is 1. The normalized spacial score (nSPS) is 15.3. The van der Waals surface area contributed by atoms with Crippen LogP contribution < -0.4 is 9.91 Å². The van der Waals surface area contributed by atoms with Gasteiger partial charge in [0.25, 0.3) is 5.91 Å². The monoisotopic (exact) mass is 427 g/mol. The van der Waals surface area contributed by atoms with Gasteiger partial charge in [-0.25, -0.2) is 4.79 Å². The van der Waals surface area contributed by atoms with Gasteiger partial charge in [0.2, 0.25) is 0 Å². The lowest BCUT2D eigenvalue weighted by Crippen LogP contribution is -2.21. The summed E-state index contributed by atoms with van der Waals surface area (Å²) in [6, 6.07) is 12.0. The van der Waals surface area contributed by atoms with Crippen LogP contribution in [-0.4, -0.2) is 36.8 Å². The summed E-state index contributed by atoms with van der Waals surface area (Å²) >= 11 is 3.55. The Labute approximate surface area is 165 Å². The van der Waals surface area contributed by atoms with E-state index in [2.05, 4.69) is 21.0 Å². The van der Waals surface area contributed by atoms with Crippen LogP contribution in [0.15, 0.2) is 57.6 Å². The molecule has 138 valence electrons. The van der Waals surface area contributed by atoms with Gasteiger partial charge < -0.3 is 10.0 Å². The van der Waals surface area contributed by atoms with Crippen molar-refractivity contribution >= 4 is 51.0 Å². The third-order valence-corrected chi connectivity index (χ3v) is 4.80. The van der Waals surface area contributed by atoms with Gasteiger partial charge in [0.05, 0.1) is 28.2 Å². The van der Waals surface area contributed by atoms with Crippen molar-refractivity contribution in [1.82, 2.24) is 0 Å². The van der Waals surface area contributed by atoms with E-state index in [0.29, 0.717) is 17.0 Å². The van der Waals surface area contributed by atoms with E-state index in [1.807, 2.05) is 37.2 Å². The number of nitrogens with zero attached hydrogens (tertiary/aromatic N) is 3. The summed E-state index contributed by atoms with van der Waals surface area (Å²) < 4.78 is 0.924. The van der Waals surface area contributed by atoms with Crippen LogP contribution in [0.1, 0.15) is 22.8 Å². The Balaban J connectivity index is 1.94. The minimum absolute atomic E-state index is 0.105. The summed E-state index contributed by atoms with van der Waals surface area (Å²) in [6.07, 6.45) is 1.78. The van der Waals surface area contributed by atoms with E-state index in [9.17, 15) is 9.59 Å². The fraction of sp³-hybridized carbons (Fsp3) is 0.150. The largest absolute Gasteiger partial charge is 0.478 e. The molecule has 27 heavy (non-hydrogen) atoms. The summed E-state index contributed by atoms with van der Waals surface area (Å²) in [5, 5.41) is 14.7. The Hall–Kier alpha value is -2.93. The SMILES string of the molecule is CC1=NN(c2cccc(C(=O)O)c2)C(=O)/C1=C\c1ccc(N(C)C)c(Br)c1. The molecule has 2 aromatic carbocycles. The van der Waals surface area contributed by atoms with Crippen LogP contribution in [0.5, 0.6) is 0 Å². The molecular weight excluding hydrogens is 410 g/mol. The van der Waals surface area contributed by atoms with Crippen LogP contribution in [0.3, 0.4) is 0 Å².